The van der Waals surface area contributed by atoms with Crippen molar-refractivity contribution in [1.82, 2.24) is 5.32 Å². The van der Waals surface area contributed by atoms with Gasteiger partial charge in [-0.2, -0.15) is 5.11 Å². The van der Waals surface area contributed by atoms with Gasteiger partial charge in [0.15, 0.2) is 5.70 Å². The van der Waals surface area contributed by atoms with Crippen molar-refractivity contribution in [2.75, 3.05) is 0 Å². The Hall–Kier alpha value is -1.92. The molecule has 0 aromatic heterocycles. The van der Waals surface area contributed by atoms with Gasteiger partial charge < -0.3 is 16.2 Å². The second-order valence-corrected chi connectivity index (χ2v) is 2.23. The molecule has 0 spiro atoms. The monoisotopic (exact) mass is 186 g/mol. The van der Waals surface area contributed by atoms with E-state index in [9.17, 15) is 9.59 Å². The number of amides is 1. The highest BCUT2D eigenvalue weighted by molar-refractivity contribution is 5.91. The summed E-state index contributed by atoms with van der Waals surface area (Å²) in [4.78, 5) is 20.8. The number of carboxylic acid groups (broad SMARTS) is 1. The molecule has 72 valence electrons. The number of nitrogens with one attached hydrogen (secondary N) is 2. The molecule has 7 heteroatoms. The molecule has 0 aromatic rings. The van der Waals surface area contributed by atoms with Crippen LogP contribution in [0.1, 0.15) is 6.92 Å². The molecule has 0 aromatic carbocycles. The van der Waals surface area contributed by atoms with Crippen LogP contribution < -0.4 is 11.1 Å². The summed E-state index contributed by atoms with van der Waals surface area (Å²) < 4.78 is 0. The van der Waals surface area contributed by atoms with Crippen molar-refractivity contribution in [3.8, 4) is 0 Å². The van der Waals surface area contributed by atoms with E-state index in [1.165, 1.54) is 6.92 Å². The van der Waals surface area contributed by atoms with Crippen LogP contribution in [0.3, 0.4) is 0 Å². The zero-order chi connectivity index (χ0) is 10.4. The maximum atomic E-state index is 10.5. The van der Waals surface area contributed by atoms with Crippen molar-refractivity contribution < 1.29 is 14.7 Å². The number of aliphatic carboxylic acids is 1. The van der Waals surface area contributed by atoms with E-state index in [1.54, 1.807) is 0 Å². The molecule has 0 bridgehead atoms. The standard InChI is InChI=1S/C6H10N4O3/c1-3(6(12)13)9-2-4(10-8)5(7)11/h2-3,8-9H,1H3,(H2,7,11)(H,12,13)/b4-2-,10-8?. The highest BCUT2D eigenvalue weighted by Gasteiger charge is 2.09. The molecule has 0 aliphatic rings. The first-order valence-corrected chi connectivity index (χ1v) is 3.35. The Balaban J connectivity index is 4.31. The summed E-state index contributed by atoms with van der Waals surface area (Å²) in [6, 6.07) is -0.865. The lowest BCUT2D eigenvalue weighted by atomic mass is 10.3. The van der Waals surface area contributed by atoms with Crippen LogP contribution in [0.25, 0.3) is 0 Å². The van der Waals surface area contributed by atoms with Crippen molar-refractivity contribution in [2.24, 2.45) is 10.8 Å². The molecule has 13 heavy (non-hydrogen) atoms. The maximum absolute atomic E-state index is 10.5. The van der Waals surface area contributed by atoms with Crippen molar-refractivity contribution in [3.63, 3.8) is 0 Å². The van der Waals surface area contributed by atoms with Crippen LogP contribution in [0.4, 0.5) is 0 Å². The van der Waals surface area contributed by atoms with Crippen LogP contribution in [0.5, 0.6) is 0 Å². The molecule has 0 saturated heterocycles. The number of hydrogen-bond acceptors (Lipinski definition) is 5. The SMILES string of the molecule is CC(N/C=C(\N=N)C(N)=O)C(=O)O. The predicted octanol–water partition coefficient (Wildman–Crippen LogP) is -0.593. The molecule has 5 N–H and O–H groups in total. The van der Waals surface area contributed by atoms with Gasteiger partial charge in [-0.15, -0.1) is 0 Å². The third-order valence-corrected chi connectivity index (χ3v) is 1.21. The maximum Gasteiger partial charge on any atom is 0.325 e. The lowest BCUT2D eigenvalue weighted by Crippen LogP contribution is -2.30. The highest BCUT2D eigenvalue weighted by atomic mass is 16.4. The largest absolute Gasteiger partial charge is 0.480 e. The van der Waals surface area contributed by atoms with Gasteiger partial charge in [0.2, 0.25) is 0 Å². The van der Waals surface area contributed by atoms with Gasteiger partial charge in [0.05, 0.1) is 0 Å². The van der Waals surface area contributed by atoms with E-state index in [2.05, 4.69) is 10.4 Å². The normalized spacial score (nSPS) is 13.2. The third-order valence-electron chi connectivity index (χ3n) is 1.21. The van der Waals surface area contributed by atoms with Gasteiger partial charge in [0.25, 0.3) is 5.91 Å². The fourth-order valence-corrected chi connectivity index (χ4v) is 0.434. The van der Waals surface area contributed by atoms with Crippen LogP contribution in [0.15, 0.2) is 17.0 Å². The minimum Gasteiger partial charge on any atom is -0.480 e. The van der Waals surface area contributed by atoms with Gasteiger partial charge in [-0.25, -0.2) is 5.53 Å². The van der Waals surface area contributed by atoms with E-state index in [-0.39, 0.29) is 5.70 Å². The number of hydrogen-bond donors (Lipinski definition) is 4. The smallest absolute Gasteiger partial charge is 0.325 e. The molecule has 1 amide bonds. The number of carbonyl (C=O) groups is 2. The lowest BCUT2D eigenvalue weighted by Gasteiger charge is -2.05. The van der Waals surface area contributed by atoms with Gasteiger partial charge in [-0.05, 0) is 6.92 Å². The van der Waals surface area contributed by atoms with E-state index >= 15 is 0 Å². The van der Waals surface area contributed by atoms with Crippen LogP contribution >= 0.6 is 0 Å². The van der Waals surface area contributed by atoms with Crippen molar-refractivity contribution in [3.05, 3.63) is 11.9 Å². The quantitative estimate of drug-likeness (QED) is 0.337. The van der Waals surface area contributed by atoms with Gasteiger partial charge in [0.1, 0.15) is 6.04 Å². The van der Waals surface area contributed by atoms with Crippen molar-refractivity contribution >= 4 is 11.9 Å². The number of carboxylic acids is 1. The van der Waals surface area contributed by atoms with Gasteiger partial charge in [0, 0.05) is 6.20 Å². The summed E-state index contributed by atoms with van der Waals surface area (Å²) in [5, 5.41) is 13.6. The Morgan fingerprint density at radius 3 is 2.54 bits per heavy atom. The molecule has 0 aliphatic carbocycles. The molecular formula is C6H10N4O3. The number of nitrogens with two attached hydrogens (primary N) is 1. The summed E-state index contributed by atoms with van der Waals surface area (Å²) >= 11 is 0. The van der Waals surface area contributed by atoms with Gasteiger partial charge in [-0.1, -0.05) is 0 Å². The predicted molar refractivity (Wildman–Crippen MR) is 42.7 cm³/mol. The topological polar surface area (TPSA) is 129 Å². The van der Waals surface area contributed by atoms with Crippen LogP contribution in [0.2, 0.25) is 0 Å². The second kappa shape index (κ2) is 4.86. The average molecular weight is 186 g/mol. The number of carbonyl (C=O) groups excluding carboxylic acids is 1. The van der Waals surface area contributed by atoms with Crippen LogP contribution in [0, 0.1) is 5.53 Å². The first-order valence-electron chi connectivity index (χ1n) is 3.35. The molecule has 0 fully saturated rings. The van der Waals surface area contributed by atoms with Crippen LogP contribution in [-0.4, -0.2) is 23.0 Å². The first kappa shape index (κ1) is 11.1. The Bertz CT molecular complexity index is 261. The summed E-state index contributed by atoms with van der Waals surface area (Å²) in [7, 11) is 0. The molecule has 1 unspecified atom stereocenters. The lowest BCUT2D eigenvalue weighted by molar-refractivity contribution is -0.138. The zero-order valence-electron chi connectivity index (χ0n) is 6.94. The summed E-state index contributed by atoms with van der Waals surface area (Å²) in [6.45, 7) is 1.38. The number of primary amides is 1. The minimum absolute atomic E-state index is 0.326. The second-order valence-electron chi connectivity index (χ2n) is 2.23. The molecule has 7 nitrogen and oxygen atoms in total. The average Bonchev–Trinajstić information content (AvgIpc) is 2.04. The van der Waals surface area contributed by atoms with Crippen molar-refractivity contribution in [2.45, 2.75) is 13.0 Å². The number of rotatable bonds is 5. The van der Waals surface area contributed by atoms with Crippen LogP contribution in [-0.2, 0) is 9.59 Å². The van der Waals surface area contributed by atoms with E-state index in [0.29, 0.717) is 0 Å². The van der Waals surface area contributed by atoms with E-state index in [0.717, 1.165) is 6.20 Å². The third kappa shape index (κ3) is 3.85. The minimum atomic E-state index is -1.08. The fraction of sp³-hybridized carbons (Fsp3) is 0.333. The van der Waals surface area contributed by atoms with Gasteiger partial charge >= 0.3 is 5.97 Å². The van der Waals surface area contributed by atoms with Gasteiger partial charge in [-0.3, -0.25) is 9.59 Å². The highest BCUT2D eigenvalue weighted by Crippen LogP contribution is 1.92. The molecule has 0 saturated carbocycles. The molecule has 0 heterocycles. The Morgan fingerprint density at radius 1 is 1.69 bits per heavy atom. The molecule has 0 rings (SSSR count). The molecular weight excluding hydrogens is 176 g/mol. The molecule has 0 aliphatic heterocycles. The summed E-state index contributed by atoms with van der Waals surface area (Å²) in [5.74, 6) is -1.97. The Kier molecular flexibility index (Phi) is 4.14. The number of nitrogens with zero attached hydrogens (tertiary/aromatic N) is 1. The summed E-state index contributed by atoms with van der Waals surface area (Å²) in [5.41, 5.74) is 11.0. The zero-order valence-corrected chi connectivity index (χ0v) is 6.94. The van der Waals surface area contributed by atoms with E-state index in [1.807, 2.05) is 0 Å². The Morgan fingerprint density at radius 2 is 2.23 bits per heavy atom. The van der Waals surface area contributed by atoms with Crippen molar-refractivity contribution in [1.29, 1.82) is 5.53 Å². The van der Waals surface area contributed by atoms with E-state index < -0.39 is 17.9 Å². The summed E-state index contributed by atoms with van der Waals surface area (Å²) in [6.07, 6.45) is 0.994. The fourth-order valence-electron chi connectivity index (χ4n) is 0.434. The molecule has 1 atom stereocenters. The van der Waals surface area contributed by atoms with E-state index in [4.69, 9.17) is 16.4 Å². The molecule has 0 radical (unpaired) electrons. The Labute approximate surface area is 74.1 Å². The first-order chi connectivity index (χ1) is 5.99.